The van der Waals surface area contributed by atoms with Gasteiger partial charge in [0.25, 0.3) is 10.0 Å². The Balaban J connectivity index is 2.11. The van der Waals surface area contributed by atoms with Gasteiger partial charge in [-0.2, -0.15) is 0 Å². The van der Waals surface area contributed by atoms with E-state index in [9.17, 15) is 12.8 Å². The van der Waals surface area contributed by atoms with Crippen molar-refractivity contribution in [1.29, 1.82) is 0 Å². The molecule has 3 rings (SSSR count). The molecular formula is C13H13FN4O2S. The lowest BCUT2D eigenvalue weighted by Gasteiger charge is -2.20. The van der Waals surface area contributed by atoms with Gasteiger partial charge in [-0.3, -0.25) is 4.31 Å². The van der Waals surface area contributed by atoms with Gasteiger partial charge in [-0.15, -0.1) is 0 Å². The minimum atomic E-state index is -3.85. The minimum Gasteiger partial charge on any atom is -0.307 e. The Morgan fingerprint density at radius 2 is 2.14 bits per heavy atom. The van der Waals surface area contributed by atoms with Crippen LogP contribution in [0.5, 0.6) is 0 Å². The van der Waals surface area contributed by atoms with E-state index in [0.29, 0.717) is 12.1 Å². The van der Waals surface area contributed by atoms with Crippen LogP contribution < -0.4 is 15.6 Å². The molecule has 1 aliphatic rings. The number of anilines is 2. The molecule has 110 valence electrons. The molecule has 0 spiro atoms. The molecule has 0 saturated heterocycles. The highest BCUT2D eigenvalue weighted by molar-refractivity contribution is 7.93. The quantitative estimate of drug-likeness (QED) is 0.658. The number of pyridine rings is 1. The van der Waals surface area contributed by atoms with Crippen molar-refractivity contribution in [2.75, 3.05) is 16.3 Å². The van der Waals surface area contributed by atoms with E-state index in [1.807, 2.05) is 0 Å². The highest BCUT2D eigenvalue weighted by atomic mass is 32.2. The monoisotopic (exact) mass is 308 g/mol. The highest BCUT2D eigenvalue weighted by Crippen LogP contribution is 2.34. The number of nitrogens with zero attached hydrogens (tertiary/aromatic N) is 2. The first-order valence-electron chi connectivity index (χ1n) is 6.27. The number of benzene rings is 1. The summed E-state index contributed by atoms with van der Waals surface area (Å²) in [5.74, 6) is 4.89. The number of halogens is 1. The normalized spacial score (nSPS) is 14.1. The number of aromatic nitrogens is 1. The molecule has 3 N–H and O–H groups in total. The van der Waals surface area contributed by atoms with Crippen molar-refractivity contribution < 1.29 is 12.8 Å². The van der Waals surface area contributed by atoms with E-state index >= 15 is 0 Å². The number of hydrogen-bond donors (Lipinski definition) is 2. The molecule has 0 aliphatic carbocycles. The van der Waals surface area contributed by atoms with Crippen LogP contribution in [0.1, 0.15) is 5.56 Å². The fourth-order valence-corrected chi connectivity index (χ4v) is 4.00. The van der Waals surface area contributed by atoms with Crippen molar-refractivity contribution in [1.82, 2.24) is 4.98 Å². The molecule has 2 aromatic rings. The summed E-state index contributed by atoms with van der Waals surface area (Å²) in [6, 6.07) is 7.08. The molecule has 1 aliphatic heterocycles. The van der Waals surface area contributed by atoms with E-state index in [1.54, 1.807) is 6.07 Å². The van der Waals surface area contributed by atoms with Gasteiger partial charge in [0.1, 0.15) is 10.7 Å². The van der Waals surface area contributed by atoms with Crippen molar-refractivity contribution in [3.63, 3.8) is 0 Å². The number of sulfonamides is 1. The van der Waals surface area contributed by atoms with E-state index < -0.39 is 15.8 Å². The summed E-state index contributed by atoms with van der Waals surface area (Å²) in [6.45, 7) is 0.264. The first-order valence-corrected chi connectivity index (χ1v) is 7.71. The first-order chi connectivity index (χ1) is 10.0. The SMILES string of the molecule is NNc1ncccc1S(=O)(=O)N1CCc2ccc(F)cc21. The summed E-state index contributed by atoms with van der Waals surface area (Å²) in [5, 5.41) is 0. The second kappa shape index (κ2) is 4.97. The summed E-state index contributed by atoms with van der Waals surface area (Å²) in [4.78, 5) is 3.85. The van der Waals surface area contributed by atoms with Gasteiger partial charge < -0.3 is 5.43 Å². The zero-order chi connectivity index (χ0) is 15.0. The van der Waals surface area contributed by atoms with Crippen LogP contribution in [0, 0.1) is 5.82 Å². The van der Waals surface area contributed by atoms with Crippen LogP contribution in [0.15, 0.2) is 41.4 Å². The maximum Gasteiger partial charge on any atom is 0.268 e. The summed E-state index contributed by atoms with van der Waals surface area (Å²) in [6.07, 6.45) is 1.98. The predicted octanol–water partition coefficient (Wildman–Crippen LogP) is 1.26. The predicted molar refractivity (Wildman–Crippen MR) is 76.7 cm³/mol. The number of nitrogens with one attached hydrogen (secondary N) is 1. The molecule has 1 aromatic heterocycles. The smallest absolute Gasteiger partial charge is 0.268 e. The number of nitrogens with two attached hydrogens (primary N) is 1. The van der Waals surface area contributed by atoms with Crippen LogP contribution in [0.2, 0.25) is 0 Å². The van der Waals surface area contributed by atoms with E-state index in [2.05, 4.69) is 10.4 Å². The second-order valence-electron chi connectivity index (χ2n) is 4.59. The van der Waals surface area contributed by atoms with Crippen LogP contribution in [-0.4, -0.2) is 19.9 Å². The number of nitrogen functional groups attached to an aromatic ring is 1. The molecule has 2 heterocycles. The van der Waals surface area contributed by atoms with Gasteiger partial charge in [0.2, 0.25) is 0 Å². The average Bonchev–Trinajstić information content (AvgIpc) is 2.90. The topological polar surface area (TPSA) is 88.3 Å². The van der Waals surface area contributed by atoms with Gasteiger partial charge in [0, 0.05) is 12.7 Å². The van der Waals surface area contributed by atoms with Crippen molar-refractivity contribution in [3.8, 4) is 0 Å². The molecule has 0 radical (unpaired) electrons. The van der Waals surface area contributed by atoms with Gasteiger partial charge in [-0.1, -0.05) is 6.07 Å². The van der Waals surface area contributed by atoms with Crippen LogP contribution in [0.3, 0.4) is 0 Å². The van der Waals surface area contributed by atoms with Crippen molar-refractivity contribution >= 4 is 21.5 Å². The molecule has 8 heteroatoms. The Kier molecular flexibility index (Phi) is 3.26. The zero-order valence-corrected chi connectivity index (χ0v) is 11.8. The standard InChI is InChI=1S/C13H13FN4O2S/c14-10-4-3-9-5-7-18(11(9)8-10)21(19,20)12-2-1-6-16-13(12)17-15/h1-4,6,8H,5,7,15H2,(H,16,17). The third-order valence-corrected chi connectivity index (χ3v) is 5.22. The van der Waals surface area contributed by atoms with Crippen molar-refractivity contribution in [3.05, 3.63) is 47.9 Å². The molecule has 21 heavy (non-hydrogen) atoms. The Labute approximate surface area is 121 Å². The van der Waals surface area contributed by atoms with Gasteiger partial charge >= 0.3 is 0 Å². The third-order valence-electron chi connectivity index (χ3n) is 3.38. The maximum atomic E-state index is 13.4. The average molecular weight is 308 g/mol. The molecule has 0 fully saturated rings. The lowest BCUT2D eigenvalue weighted by atomic mass is 10.2. The summed E-state index contributed by atoms with van der Waals surface area (Å²) >= 11 is 0. The van der Waals surface area contributed by atoms with Crippen LogP contribution in [0.4, 0.5) is 15.9 Å². The molecule has 0 saturated carbocycles. The largest absolute Gasteiger partial charge is 0.307 e. The number of hydrogen-bond acceptors (Lipinski definition) is 5. The van der Waals surface area contributed by atoms with Crippen LogP contribution in [-0.2, 0) is 16.4 Å². The molecular weight excluding hydrogens is 295 g/mol. The molecule has 0 unspecified atom stereocenters. The van der Waals surface area contributed by atoms with E-state index in [4.69, 9.17) is 5.84 Å². The fourth-order valence-electron chi connectivity index (χ4n) is 2.40. The van der Waals surface area contributed by atoms with Gasteiger partial charge in [-0.25, -0.2) is 23.6 Å². The number of fused-ring (bicyclic) bond motifs is 1. The molecule has 0 bridgehead atoms. The summed E-state index contributed by atoms with van der Waals surface area (Å²) in [7, 11) is -3.85. The third kappa shape index (κ3) is 2.22. The van der Waals surface area contributed by atoms with Gasteiger partial charge in [0.15, 0.2) is 5.82 Å². The zero-order valence-electron chi connectivity index (χ0n) is 11.0. The lowest BCUT2D eigenvalue weighted by Crippen LogP contribution is -2.30. The number of rotatable bonds is 3. The highest BCUT2D eigenvalue weighted by Gasteiger charge is 2.33. The Morgan fingerprint density at radius 3 is 2.90 bits per heavy atom. The van der Waals surface area contributed by atoms with E-state index in [-0.39, 0.29) is 17.3 Å². The summed E-state index contributed by atoms with van der Waals surface area (Å²) in [5.41, 5.74) is 3.43. The molecule has 0 atom stereocenters. The Morgan fingerprint density at radius 1 is 1.33 bits per heavy atom. The van der Waals surface area contributed by atoms with Gasteiger partial charge in [0.05, 0.1) is 5.69 Å². The lowest BCUT2D eigenvalue weighted by molar-refractivity contribution is 0.592. The Hall–Kier alpha value is -2.19. The van der Waals surface area contributed by atoms with Crippen molar-refractivity contribution in [2.24, 2.45) is 5.84 Å². The molecule has 1 aromatic carbocycles. The van der Waals surface area contributed by atoms with E-state index in [1.165, 1.54) is 34.8 Å². The first kappa shape index (κ1) is 13.8. The summed E-state index contributed by atoms with van der Waals surface area (Å²) < 4.78 is 40.1. The maximum absolute atomic E-state index is 13.4. The Bertz CT molecular complexity index is 795. The van der Waals surface area contributed by atoms with Crippen LogP contribution in [0.25, 0.3) is 0 Å². The minimum absolute atomic E-state index is 0.0374. The van der Waals surface area contributed by atoms with Gasteiger partial charge in [-0.05, 0) is 36.2 Å². The molecule has 6 nitrogen and oxygen atoms in total. The number of hydrazine groups is 1. The van der Waals surface area contributed by atoms with Crippen molar-refractivity contribution in [2.45, 2.75) is 11.3 Å². The molecule has 0 amide bonds. The second-order valence-corrected chi connectivity index (χ2v) is 6.43. The van der Waals surface area contributed by atoms with Crippen LogP contribution >= 0.6 is 0 Å². The van der Waals surface area contributed by atoms with E-state index in [0.717, 1.165) is 5.56 Å². The fraction of sp³-hybridized carbons (Fsp3) is 0.154.